The van der Waals surface area contributed by atoms with Gasteiger partial charge < -0.3 is 25.1 Å². The van der Waals surface area contributed by atoms with E-state index in [-0.39, 0.29) is 66.1 Å². The minimum atomic E-state index is -1.54. The Bertz CT molecular complexity index is 169. The molecular formula is C5H7NNa2O4. The van der Waals surface area contributed by atoms with Gasteiger partial charge in [-0.1, -0.05) is 0 Å². The molecule has 0 fully saturated rings. The fraction of sp³-hybridized carbons (Fsp3) is 0.600. The molecule has 0 amide bonds. The summed E-state index contributed by atoms with van der Waals surface area (Å²) in [7, 11) is -0.369. The molecule has 0 radical (unpaired) electrons. The summed E-state index contributed by atoms with van der Waals surface area (Å²) < 4.78 is 6.56. The Kier molecular flexibility index (Phi) is 12.8. The first-order valence-electron chi connectivity index (χ1n) is 3.22. The fourth-order valence-corrected chi connectivity index (χ4v) is 0.406. The van der Waals surface area contributed by atoms with Crippen molar-refractivity contribution in [3.05, 3.63) is 0 Å². The molecule has 0 aromatic heterocycles. The number of aliphatic carboxylic acids is 2. The zero-order valence-corrected chi connectivity index (χ0v) is 11.1. The number of hydrogen-bond acceptors (Lipinski definition) is 5. The summed E-state index contributed by atoms with van der Waals surface area (Å²) in [6.07, 6.45) is -0.679. The molecule has 0 aromatic rings. The van der Waals surface area contributed by atoms with Crippen LogP contribution in [0.2, 0.25) is 0 Å². The molecule has 12 heavy (non-hydrogen) atoms. The molecule has 0 bridgehead atoms. The zero-order valence-electron chi connectivity index (χ0n) is 8.12. The number of likely N-dealkylation sites (N-methyl/N-ethyl adjacent to an activating group) is 1. The van der Waals surface area contributed by atoms with E-state index in [9.17, 15) is 19.8 Å². The number of nitrogens with one attached hydrogen (secondary N) is 1. The van der Waals surface area contributed by atoms with Gasteiger partial charge in [0.15, 0.2) is 0 Å². The molecule has 0 aliphatic carbocycles. The second kappa shape index (κ2) is 9.98. The van der Waals surface area contributed by atoms with Crippen molar-refractivity contribution in [3.8, 4) is 0 Å². The van der Waals surface area contributed by atoms with Crippen molar-refractivity contribution in [2.75, 3.05) is 7.02 Å². The summed E-state index contributed by atoms with van der Waals surface area (Å²) in [5.41, 5.74) is 0. The summed E-state index contributed by atoms with van der Waals surface area (Å²) in [5.74, 6) is -3.03. The predicted octanol–water partition coefficient (Wildman–Crippen LogP) is -9.53. The van der Waals surface area contributed by atoms with Crippen molar-refractivity contribution in [2.45, 2.75) is 12.5 Å². The Hall–Kier alpha value is 0.900. The van der Waals surface area contributed by atoms with Crippen LogP contribution in [0.5, 0.6) is 0 Å². The molecule has 0 saturated heterocycles. The van der Waals surface area contributed by atoms with E-state index in [2.05, 4.69) is 5.32 Å². The first-order valence-corrected chi connectivity index (χ1v) is 2.51. The molecule has 7 heteroatoms. The van der Waals surface area contributed by atoms with Crippen LogP contribution in [0.1, 0.15) is 7.79 Å². The SMILES string of the molecule is [2H]CN[C@@H](CC(=O)[O-])C(=O)[O-].[Na+].[Na+]. The topological polar surface area (TPSA) is 92.3 Å². The van der Waals surface area contributed by atoms with E-state index in [1.807, 2.05) is 0 Å². The van der Waals surface area contributed by atoms with E-state index < -0.39 is 24.4 Å². The average Bonchev–Trinajstić information content (AvgIpc) is 1.86. The Morgan fingerprint density at radius 3 is 2.25 bits per heavy atom. The van der Waals surface area contributed by atoms with E-state index in [4.69, 9.17) is 1.37 Å². The van der Waals surface area contributed by atoms with Crippen LogP contribution in [-0.4, -0.2) is 25.0 Å². The van der Waals surface area contributed by atoms with Gasteiger partial charge >= 0.3 is 59.1 Å². The van der Waals surface area contributed by atoms with Gasteiger partial charge in [0, 0.05) is 13.8 Å². The van der Waals surface area contributed by atoms with Gasteiger partial charge in [-0.05, 0) is 7.02 Å². The minimum Gasteiger partial charge on any atom is -0.550 e. The van der Waals surface area contributed by atoms with E-state index in [0.29, 0.717) is 0 Å². The van der Waals surface area contributed by atoms with Crippen molar-refractivity contribution < 1.29 is 80.3 Å². The van der Waals surface area contributed by atoms with Crippen molar-refractivity contribution in [2.24, 2.45) is 0 Å². The van der Waals surface area contributed by atoms with Gasteiger partial charge in [0.2, 0.25) is 0 Å². The van der Waals surface area contributed by atoms with Gasteiger partial charge in [-0.3, -0.25) is 0 Å². The largest absolute Gasteiger partial charge is 1.00 e. The van der Waals surface area contributed by atoms with Gasteiger partial charge in [-0.25, -0.2) is 0 Å². The maximum absolute atomic E-state index is 10.1. The molecule has 0 heterocycles. The smallest absolute Gasteiger partial charge is 0.550 e. The molecule has 0 aliphatic heterocycles. The molecule has 0 aliphatic rings. The number of rotatable bonds is 4. The molecule has 58 valence electrons. The van der Waals surface area contributed by atoms with Gasteiger partial charge in [0.1, 0.15) is 0 Å². The molecule has 0 rings (SSSR count). The van der Waals surface area contributed by atoms with Gasteiger partial charge in [0.05, 0.1) is 12.0 Å². The van der Waals surface area contributed by atoms with Crippen molar-refractivity contribution >= 4 is 11.9 Å². The van der Waals surface area contributed by atoms with Crippen LogP contribution in [0, 0.1) is 0 Å². The third-order valence-corrected chi connectivity index (χ3v) is 0.902. The number of carbonyl (C=O) groups is 2. The second-order valence-corrected chi connectivity index (χ2v) is 1.65. The van der Waals surface area contributed by atoms with Crippen LogP contribution in [0.3, 0.4) is 0 Å². The molecular weight excluding hydrogens is 184 g/mol. The number of carboxylic acid groups (broad SMARTS) is 2. The monoisotopic (exact) mass is 192 g/mol. The van der Waals surface area contributed by atoms with Crippen LogP contribution < -0.4 is 74.6 Å². The maximum Gasteiger partial charge on any atom is 1.00 e. The van der Waals surface area contributed by atoms with E-state index >= 15 is 0 Å². The Morgan fingerprint density at radius 2 is 2.00 bits per heavy atom. The first kappa shape index (κ1) is 15.4. The van der Waals surface area contributed by atoms with Crippen LogP contribution in [-0.2, 0) is 9.59 Å². The molecule has 0 spiro atoms. The van der Waals surface area contributed by atoms with Crippen LogP contribution in [0.15, 0.2) is 0 Å². The van der Waals surface area contributed by atoms with Crippen LogP contribution in [0.4, 0.5) is 0 Å². The quantitative estimate of drug-likeness (QED) is 0.446. The summed E-state index contributed by atoms with van der Waals surface area (Å²) in [4.78, 5) is 20.0. The Balaban J connectivity index is -0.000000500. The maximum atomic E-state index is 10.1. The first-order chi connectivity index (χ1) is 5.07. The fourth-order valence-electron chi connectivity index (χ4n) is 0.406. The van der Waals surface area contributed by atoms with Crippen LogP contribution in [0.25, 0.3) is 0 Å². The molecule has 0 aromatic carbocycles. The molecule has 5 nitrogen and oxygen atoms in total. The third kappa shape index (κ3) is 8.99. The number of hydrogen-bond donors (Lipinski definition) is 1. The summed E-state index contributed by atoms with van der Waals surface area (Å²) in [6.45, 7) is 0. The van der Waals surface area contributed by atoms with Gasteiger partial charge in [0.25, 0.3) is 0 Å². The van der Waals surface area contributed by atoms with Crippen molar-refractivity contribution in [1.29, 1.82) is 0 Å². The second-order valence-electron chi connectivity index (χ2n) is 1.65. The normalized spacial score (nSPS) is 11.5. The summed E-state index contributed by atoms with van der Waals surface area (Å²) in [6, 6.07) is -1.34. The molecule has 0 unspecified atom stereocenters. The minimum absolute atomic E-state index is 0. The van der Waals surface area contributed by atoms with E-state index in [1.54, 1.807) is 0 Å². The summed E-state index contributed by atoms with van der Waals surface area (Å²) in [5, 5.41) is 22.1. The van der Waals surface area contributed by atoms with Gasteiger partial charge in [-0.15, -0.1) is 0 Å². The predicted molar refractivity (Wildman–Crippen MR) is 27.5 cm³/mol. The Labute approximate surface area is 116 Å². The summed E-state index contributed by atoms with van der Waals surface area (Å²) >= 11 is 0. The standard InChI is InChI=1S/C5H9NO4.2Na/c1-6-3(5(9)10)2-4(7)8;;/h3,6H,2H2,1H3,(H,7,8)(H,9,10);;/q;2*+1/p-2/t3-;;/m0../s1/i1D;;. The number of carbonyl (C=O) groups excluding carboxylic acids is 2. The zero-order chi connectivity index (χ0) is 8.85. The number of carboxylic acids is 2. The van der Waals surface area contributed by atoms with Gasteiger partial charge in [-0.2, -0.15) is 0 Å². The molecule has 0 saturated carbocycles. The van der Waals surface area contributed by atoms with Crippen molar-refractivity contribution in [3.63, 3.8) is 0 Å². The van der Waals surface area contributed by atoms with Crippen LogP contribution >= 0.6 is 0 Å². The van der Waals surface area contributed by atoms with E-state index in [1.165, 1.54) is 0 Å². The van der Waals surface area contributed by atoms with E-state index in [0.717, 1.165) is 0 Å². The Morgan fingerprint density at radius 1 is 1.50 bits per heavy atom. The van der Waals surface area contributed by atoms with Crippen molar-refractivity contribution in [1.82, 2.24) is 5.32 Å². The third-order valence-electron chi connectivity index (χ3n) is 0.902. The molecule has 1 N–H and O–H groups in total. The average molecular weight is 192 g/mol. The molecule has 1 atom stereocenters.